The number of ether oxygens (including phenoxy) is 1. The number of carbonyl (C=O) groups excluding carboxylic acids is 2. The lowest BCUT2D eigenvalue weighted by molar-refractivity contribution is -0.137. The topological polar surface area (TPSA) is 61.9 Å². The molecule has 1 N–H and O–H groups in total. The highest BCUT2D eigenvalue weighted by molar-refractivity contribution is 5.93. The molecule has 0 aromatic heterocycles. The van der Waals surface area contributed by atoms with Crippen LogP contribution in [0.2, 0.25) is 0 Å². The standard InChI is InChI=1S/C18H27N3O3/c1-14(18(23)21-10-5-4-6-11-21)20(2)13-17(22)19-15-8-7-9-16(12-15)24-3/h7-9,12,14H,4-6,10-11,13H2,1-3H3,(H,19,22)/t14-/m0/s1. The van der Waals surface area contributed by atoms with E-state index in [2.05, 4.69) is 5.32 Å². The van der Waals surface area contributed by atoms with Gasteiger partial charge in [-0.25, -0.2) is 0 Å². The molecule has 1 fully saturated rings. The number of rotatable bonds is 6. The molecular weight excluding hydrogens is 306 g/mol. The van der Waals surface area contributed by atoms with Crippen molar-refractivity contribution in [1.29, 1.82) is 0 Å². The van der Waals surface area contributed by atoms with Crippen molar-refractivity contribution < 1.29 is 14.3 Å². The number of hydrogen-bond donors (Lipinski definition) is 1. The van der Waals surface area contributed by atoms with E-state index >= 15 is 0 Å². The minimum absolute atomic E-state index is 0.103. The van der Waals surface area contributed by atoms with Gasteiger partial charge in [-0.1, -0.05) is 6.07 Å². The Kier molecular flexibility index (Phi) is 6.61. The SMILES string of the molecule is COc1cccc(NC(=O)CN(C)[C@@H](C)C(=O)N2CCCCC2)c1. The summed E-state index contributed by atoms with van der Waals surface area (Å²) in [5.41, 5.74) is 0.683. The smallest absolute Gasteiger partial charge is 0.239 e. The van der Waals surface area contributed by atoms with Crippen molar-refractivity contribution in [1.82, 2.24) is 9.80 Å². The summed E-state index contributed by atoms with van der Waals surface area (Å²) in [6.45, 7) is 3.67. The molecule has 2 rings (SSSR count). The monoisotopic (exact) mass is 333 g/mol. The summed E-state index contributed by atoms with van der Waals surface area (Å²) in [5, 5.41) is 2.84. The number of amides is 2. The number of benzene rings is 1. The number of nitrogens with zero attached hydrogens (tertiary/aromatic N) is 2. The van der Waals surface area contributed by atoms with Crippen LogP contribution < -0.4 is 10.1 Å². The zero-order chi connectivity index (χ0) is 17.5. The van der Waals surface area contributed by atoms with Crippen molar-refractivity contribution in [2.45, 2.75) is 32.2 Å². The number of likely N-dealkylation sites (N-methyl/N-ethyl adjacent to an activating group) is 1. The van der Waals surface area contributed by atoms with Crippen LogP contribution >= 0.6 is 0 Å². The average molecular weight is 333 g/mol. The Labute approximate surface area is 143 Å². The number of nitrogens with one attached hydrogen (secondary N) is 1. The normalized spacial score (nSPS) is 15.9. The molecule has 1 heterocycles. The molecule has 24 heavy (non-hydrogen) atoms. The molecule has 1 aromatic rings. The molecular formula is C18H27N3O3. The lowest BCUT2D eigenvalue weighted by atomic mass is 10.1. The van der Waals surface area contributed by atoms with E-state index in [1.165, 1.54) is 6.42 Å². The molecule has 1 aromatic carbocycles. The molecule has 0 bridgehead atoms. The Morgan fingerprint density at radius 3 is 2.67 bits per heavy atom. The number of hydrogen-bond acceptors (Lipinski definition) is 4. The van der Waals surface area contributed by atoms with E-state index in [1.807, 2.05) is 30.0 Å². The van der Waals surface area contributed by atoms with Crippen LogP contribution in [0, 0.1) is 0 Å². The van der Waals surface area contributed by atoms with Gasteiger partial charge in [0.15, 0.2) is 0 Å². The van der Waals surface area contributed by atoms with E-state index in [1.54, 1.807) is 25.1 Å². The Bertz CT molecular complexity index is 570. The predicted molar refractivity (Wildman–Crippen MR) is 94.1 cm³/mol. The Morgan fingerprint density at radius 1 is 1.29 bits per heavy atom. The minimum Gasteiger partial charge on any atom is -0.497 e. The summed E-state index contributed by atoms with van der Waals surface area (Å²) in [5.74, 6) is 0.644. The van der Waals surface area contributed by atoms with E-state index in [0.717, 1.165) is 25.9 Å². The number of likely N-dealkylation sites (tertiary alicyclic amines) is 1. The number of piperidine rings is 1. The molecule has 2 amide bonds. The first-order valence-corrected chi connectivity index (χ1v) is 8.44. The van der Waals surface area contributed by atoms with Gasteiger partial charge in [0.2, 0.25) is 11.8 Å². The molecule has 1 saturated heterocycles. The molecule has 6 heteroatoms. The minimum atomic E-state index is -0.306. The molecule has 0 unspecified atom stereocenters. The van der Waals surface area contributed by atoms with Gasteiger partial charge < -0.3 is 15.0 Å². The first-order chi connectivity index (χ1) is 11.5. The van der Waals surface area contributed by atoms with Crippen LogP contribution in [-0.4, -0.2) is 61.4 Å². The summed E-state index contributed by atoms with van der Waals surface area (Å²) in [6.07, 6.45) is 3.33. The number of methoxy groups -OCH3 is 1. The van der Waals surface area contributed by atoms with Gasteiger partial charge >= 0.3 is 0 Å². The van der Waals surface area contributed by atoms with E-state index < -0.39 is 0 Å². The van der Waals surface area contributed by atoms with Crippen LogP contribution in [0.15, 0.2) is 24.3 Å². The summed E-state index contributed by atoms with van der Waals surface area (Å²) < 4.78 is 5.14. The molecule has 1 aliphatic rings. The largest absolute Gasteiger partial charge is 0.497 e. The first-order valence-electron chi connectivity index (χ1n) is 8.44. The molecule has 1 atom stereocenters. The van der Waals surface area contributed by atoms with E-state index in [9.17, 15) is 9.59 Å². The van der Waals surface area contributed by atoms with Crippen molar-refractivity contribution in [3.63, 3.8) is 0 Å². The van der Waals surface area contributed by atoms with Crippen molar-refractivity contribution in [2.75, 3.05) is 39.1 Å². The average Bonchev–Trinajstić information content (AvgIpc) is 2.61. The van der Waals surface area contributed by atoms with Crippen molar-refractivity contribution in [3.05, 3.63) is 24.3 Å². The summed E-state index contributed by atoms with van der Waals surface area (Å²) in [6, 6.07) is 6.91. The van der Waals surface area contributed by atoms with Crippen LogP contribution in [0.25, 0.3) is 0 Å². The first kappa shape index (κ1) is 18.3. The van der Waals surface area contributed by atoms with E-state index in [0.29, 0.717) is 11.4 Å². The van der Waals surface area contributed by atoms with Gasteiger partial charge in [0, 0.05) is 24.8 Å². The predicted octanol–water partition coefficient (Wildman–Crippen LogP) is 1.97. The number of carbonyl (C=O) groups is 2. The van der Waals surface area contributed by atoms with Crippen LogP contribution in [-0.2, 0) is 9.59 Å². The van der Waals surface area contributed by atoms with Gasteiger partial charge in [-0.15, -0.1) is 0 Å². The van der Waals surface area contributed by atoms with Crippen molar-refractivity contribution in [3.8, 4) is 5.75 Å². The van der Waals surface area contributed by atoms with Gasteiger partial charge in [0.25, 0.3) is 0 Å². The van der Waals surface area contributed by atoms with Crippen LogP contribution in [0.4, 0.5) is 5.69 Å². The highest BCUT2D eigenvalue weighted by Crippen LogP contribution is 2.17. The third-order valence-corrected chi connectivity index (χ3v) is 4.43. The molecule has 0 spiro atoms. The molecule has 6 nitrogen and oxygen atoms in total. The highest BCUT2D eigenvalue weighted by atomic mass is 16.5. The number of anilines is 1. The summed E-state index contributed by atoms with van der Waals surface area (Å²) >= 11 is 0. The molecule has 0 saturated carbocycles. The van der Waals surface area contributed by atoms with Gasteiger partial charge in [-0.05, 0) is 45.4 Å². The van der Waals surface area contributed by atoms with Crippen molar-refractivity contribution >= 4 is 17.5 Å². The lowest BCUT2D eigenvalue weighted by Crippen LogP contribution is -2.49. The second-order valence-corrected chi connectivity index (χ2v) is 6.26. The maximum atomic E-state index is 12.5. The third-order valence-electron chi connectivity index (χ3n) is 4.43. The second kappa shape index (κ2) is 8.68. The molecule has 0 radical (unpaired) electrons. The Balaban J connectivity index is 1.86. The van der Waals surface area contributed by atoms with Gasteiger partial charge in [0.1, 0.15) is 5.75 Å². The van der Waals surface area contributed by atoms with Crippen LogP contribution in [0.5, 0.6) is 5.75 Å². The fourth-order valence-corrected chi connectivity index (χ4v) is 2.83. The third kappa shape index (κ3) is 4.96. The summed E-state index contributed by atoms with van der Waals surface area (Å²) in [4.78, 5) is 28.4. The maximum absolute atomic E-state index is 12.5. The quantitative estimate of drug-likeness (QED) is 0.864. The Hall–Kier alpha value is -2.08. The van der Waals surface area contributed by atoms with Gasteiger partial charge in [0.05, 0.1) is 19.7 Å². The lowest BCUT2D eigenvalue weighted by Gasteiger charge is -2.32. The van der Waals surface area contributed by atoms with Crippen molar-refractivity contribution in [2.24, 2.45) is 0 Å². The van der Waals surface area contributed by atoms with E-state index in [-0.39, 0.29) is 24.4 Å². The van der Waals surface area contributed by atoms with Gasteiger partial charge in [-0.3, -0.25) is 14.5 Å². The second-order valence-electron chi connectivity index (χ2n) is 6.26. The van der Waals surface area contributed by atoms with Crippen LogP contribution in [0.3, 0.4) is 0 Å². The van der Waals surface area contributed by atoms with E-state index in [4.69, 9.17) is 4.74 Å². The molecule has 0 aliphatic carbocycles. The maximum Gasteiger partial charge on any atom is 0.239 e. The fraction of sp³-hybridized carbons (Fsp3) is 0.556. The zero-order valence-electron chi connectivity index (χ0n) is 14.7. The fourth-order valence-electron chi connectivity index (χ4n) is 2.83. The van der Waals surface area contributed by atoms with Crippen LogP contribution in [0.1, 0.15) is 26.2 Å². The Morgan fingerprint density at radius 2 is 2.00 bits per heavy atom. The van der Waals surface area contributed by atoms with Gasteiger partial charge in [-0.2, -0.15) is 0 Å². The molecule has 1 aliphatic heterocycles. The summed E-state index contributed by atoms with van der Waals surface area (Å²) in [7, 11) is 3.39. The molecule has 132 valence electrons. The highest BCUT2D eigenvalue weighted by Gasteiger charge is 2.26. The zero-order valence-corrected chi connectivity index (χ0v) is 14.7.